The maximum Gasteiger partial charge on any atom is 0.435 e. The fraction of sp³-hybridized carbons (Fsp3) is 0.250. The summed E-state index contributed by atoms with van der Waals surface area (Å²) in [6.07, 6.45) is -4.78. The molecule has 3 amide bonds. The number of benzene rings is 1. The summed E-state index contributed by atoms with van der Waals surface area (Å²) in [4.78, 5) is 39.2. The minimum atomic E-state index is -4.78. The molecule has 6 nitrogen and oxygen atoms in total. The second-order valence-corrected chi connectivity index (χ2v) is 7.34. The van der Waals surface area contributed by atoms with E-state index < -0.39 is 27.9 Å². The van der Waals surface area contributed by atoms with Gasteiger partial charge < -0.3 is 5.32 Å². The number of hydrogen-bond donors (Lipinski definition) is 1. The Hall–Kier alpha value is -2.40. The highest BCUT2D eigenvalue weighted by atomic mass is 32.2. The van der Waals surface area contributed by atoms with Gasteiger partial charge >= 0.3 is 6.18 Å². The summed E-state index contributed by atoms with van der Waals surface area (Å²) < 4.78 is 39.8. The second-order valence-electron chi connectivity index (χ2n) is 5.42. The van der Waals surface area contributed by atoms with Crippen LogP contribution in [-0.4, -0.2) is 45.8 Å². The molecular weight excluding hydrogens is 403 g/mol. The van der Waals surface area contributed by atoms with E-state index in [1.54, 1.807) is 30.3 Å². The van der Waals surface area contributed by atoms with Crippen LogP contribution in [0.25, 0.3) is 10.6 Å². The van der Waals surface area contributed by atoms with Gasteiger partial charge in [0.1, 0.15) is 9.88 Å². The number of amides is 3. The number of alkyl halides is 3. The molecule has 1 aliphatic rings. The standard InChI is InChI=1S/C16H12F3N3O3S2/c17-16(18,19)12-11(27-14(21-12)9-4-2-1-3-5-9)13(24)20-6-7-22-10(23)8-26-15(22)25/h1-5H,6-8H2,(H,20,24). The summed E-state index contributed by atoms with van der Waals surface area (Å²) in [7, 11) is 0. The lowest BCUT2D eigenvalue weighted by Crippen LogP contribution is -2.37. The van der Waals surface area contributed by atoms with Crippen molar-refractivity contribution < 1.29 is 27.6 Å². The predicted octanol–water partition coefficient (Wildman–Crippen LogP) is 3.25. The number of carbonyl (C=O) groups is 3. The van der Waals surface area contributed by atoms with E-state index in [0.29, 0.717) is 16.9 Å². The van der Waals surface area contributed by atoms with Crippen molar-refractivity contribution in [3.8, 4) is 10.6 Å². The van der Waals surface area contributed by atoms with Crippen molar-refractivity contribution in [1.29, 1.82) is 0 Å². The van der Waals surface area contributed by atoms with Crippen molar-refractivity contribution in [3.63, 3.8) is 0 Å². The molecule has 1 N–H and O–H groups in total. The van der Waals surface area contributed by atoms with Gasteiger partial charge in [0.15, 0.2) is 5.69 Å². The van der Waals surface area contributed by atoms with Gasteiger partial charge in [-0.25, -0.2) is 4.98 Å². The highest BCUT2D eigenvalue weighted by Gasteiger charge is 2.40. The van der Waals surface area contributed by atoms with E-state index in [-0.39, 0.29) is 29.8 Å². The lowest BCUT2D eigenvalue weighted by Gasteiger charge is -2.13. The van der Waals surface area contributed by atoms with Crippen LogP contribution in [0.15, 0.2) is 30.3 Å². The Labute approximate surface area is 159 Å². The van der Waals surface area contributed by atoms with E-state index >= 15 is 0 Å². The average Bonchev–Trinajstić information content (AvgIpc) is 3.21. The highest BCUT2D eigenvalue weighted by Crippen LogP contribution is 2.37. The maximum atomic E-state index is 13.3. The topological polar surface area (TPSA) is 79.4 Å². The van der Waals surface area contributed by atoms with Crippen molar-refractivity contribution in [3.05, 3.63) is 40.9 Å². The molecule has 0 saturated carbocycles. The number of hydrogen-bond acceptors (Lipinski definition) is 6. The maximum absolute atomic E-state index is 13.3. The Morgan fingerprint density at radius 3 is 2.52 bits per heavy atom. The normalized spacial score (nSPS) is 14.7. The van der Waals surface area contributed by atoms with E-state index in [2.05, 4.69) is 10.3 Å². The van der Waals surface area contributed by atoms with Crippen molar-refractivity contribution in [2.24, 2.45) is 0 Å². The van der Waals surface area contributed by atoms with E-state index in [4.69, 9.17) is 0 Å². The third-order valence-corrected chi connectivity index (χ3v) is 5.55. The first-order valence-electron chi connectivity index (χ1n) is 7.66. The van der Waals surface area contributed by atoms with Crippen LogP contribution in [-0.2, 0) is 11.0 Å². The number of imide groups is 1. The van der Waals surface area contributed by atoms with E-state index in [1.165, 1.54) is 0 Å². The molecular formula is C16H12F3N3O3S2. The number of nitrogens with one attached hydrogen (secondary N) is 1. The van der Waals surface area contributed by atoms with Crippen LogP contribution in [0.5, 0.6) is 0 Å². The van der Waals surface area contributed by atoms with E-state index in [0.717, 1.165) is 16.7 Å². The molecule has 0 aliphatic carbocycles. The summed E-state index contributed by atoms with van der Waals surface area (Å²) >= 11 is 1.48. The summed E-state index contributed by atoms with van der Waals surface area (Å²) in [6, 6.07) is 8.23. The molecule has 1 saturated heterocycles. The molecule has 0 atom stereocenters. The van der Waals surface area contributed by atoms with Crippen molar-refractivity contribution >= 4 is 40.2 Å². The number of rotatable bonds is 5. The fourth-order valence-corrected chi connectivity index (χ4v) is 4.09. The molecule has 1 fully saturated rings. The zero-order valence-corrected chi connectivity index (χ0v) is 15.2. The van der Waals surface area contributed by atoms with Crippen LogP contribution in [0.4, 0.5) is 18.0 Å². The van der Waals surface area contributed by atoms with E-state index in [9.17, 15) is 27.6 Å². The molecule has 3 rings (SSSR count). The third kappa shape index (κ3) is 4.30. The molecule has 1 aliphatic heterocycles. The van der Waals surface area contributed by atoms with Crippen LogP contribution in [0.1, 0.15) is 15.4 Å². The number of carbonyl (C=O) groups excluding carboxylic acids is 3. The number of thioether (sulfide) groups is 1. The van der Waals surface area contributed by atoms with Crippen LogP contribution in [0.3, 0.4) is 0 Å². The second kappa shape index (κ2) is 7.69. The van der Waals surface area contributed by atoms with Crippen molar-refractivity contribution in [2.75, 3.05) is 18.8 Å². The third-order valence-electron chi connectivity index (χ3n) is 3.58. The van der Waals surface area contributed by atoms with Crippen LogP contribution < -0.4 is 5.32 Å². The number of halogens is 3. The molecule has 2 heterocycles. The SMILES string of the molecule is O=C(NCCN1C(=O)CSC1=O)c1sc(-c2ccccc2)nc1C(F)(F)F. The molecule has 0 bridgehead atoms. The van der Waals surface area contributed by atoms with Gasteiger partial charge in [-0.2, -0.15) is 13.2 Å². The average molecular weight is 415 g/mol. The molecule has 2 aromatic rings. The molecule has 142 valence electrons. The van der Waals surface area contributed by atoms with Gasteiger partial charge in [0.25, 0.3) is 11.1 Å². The minimum absolute atomic E-state index is 0.0281. The van der Waals surface area contributed by atoms with Gasteiger partial charge in [0, 0.05) is 18.7 Å². The number of aromatic nitrogens is 1. The predicted molar refractivity (Wildman–Crippen MR) is 94.5 cm³/mol. The lowest BCUT2D eigenvalue weighted by molar-refractivity contribution is -0.141. The smallest absolute Gasteiger partial charge is 0.349 e. The summed E-state index contributed by atoms with van der Waals surface area (Å²) in [6.45, 7) is -0.241. The molecule has 0 spiro atoms. The van der Waals surface area contributed by atoms with Gasteiger partial charge in [-0.1, -0.05) is 42.1 Å². The van der Waals surface area contributed by atoms with Crippen molar-refractivity contribution in [2.45, 2.75) is 6.18 Å². The first kappa shape index (κ1) is 19.4. The molecule has 0 unspecified atom stereocenters. The van der Waals surface area contributed by atoms with Gasteiger partial charge in [0.05, 0.1) is 5.75 Å². The monoisotopic (exact) mass is 415 g/mol. The molecule has 0 radical (unpaired) electrons. The summed E-state index contributed by atoms with van der Waals surface area (Å²) in [5.74, 6) is -1.31. The summed E-state index contributed by atoms with van der Waals surface area (Å²) in [5, 5.41) is 1.96. The Morgan fingerprint density at radius 1 is 1.22 bits per heavy atom. The Morgan fingerprint density at radius 2 is 1.93 bits per heavy atom. The van der Waals surface area contributed by atoms with E-state index in [1.807, 2.05) is 0 Å². The van der Waals surface area contributed by atoms with Crippen molar-refractivity contribution in [1.82, 2.24) is 15.2 Å². The summed E-state index contributed by atoms with van der Waals surface area (Å²) in [5.41, 5.74) is -0.787. The molecule has 11 heteroatoms. The molecule has 1 aromatic heterocycles. The Balaban J connectivity index is 1.76. The Kier molecular flexibility index (Phi) is 5.51. The lowest BCUT2D eigenvalue weighted by atomic mass is 10.2. The molecule has 1 aromatic carbocycles. The molecule has 27 heavy (non-hydrogen) atoms. The van der Waals surface area contributed by atoms with Gasteiger partial charge in [-0.15, -0.1) is 11.3 Å². The minimum Gasteiger partial charge on any atom is -0.349 e. The quantitative estimate of drug-likeness (QED) is 0.811. The largest absolute Gasteiger partial charge is 0.435 e. The zero-order valence-electron chi connectivity index (χ0n) is 13.6. The van der Waals surface area contributed by atoms with Crippen LogP contribution in [0.2, 0.25) is 0 Å². The number of thiazole rings is 1. The zero-order chi connectivity index (χ0) is 19.6. The fourth-order valence-electron chi connectivity index (χ4n) is 2.33. The first-order valence-corrected chi connectivity index (χ1v) is 9.46. The van der Waals surface area contributed by atoms with Gasteiger partial charge in [-0.05, 0) is 0 Å². The van der Waals surface area contributed by atoms with Gasteiger partial charge in [0.2, 0.25) is 5.91 Å². The Bertz CT molecular complexity index is 868. The number of nitrogens with zero attached hydrogens (tertiary/aromatic N) is 2. The van der Waals surface area contributed by atoms with Crippen LogP contribution in [0, 0.1) is 0 Å². The first-order chi connectivity index (χ1) is 12.8. The van der Waals surface area contributed by atoms with Crippen LogP contribution >= 0.6 is 23.1 Å². The highest BCUT2D eigenvalue weighted by molar-refractivity contribution is 8.14. The van der Waals surface area contributed by atoms with Gasteiger partial charge in [-0.3, -0.25) is 19.3 Å².